The van der Waals surface area contributed by atoms with Crippen molar-refractivity contribution in [1.29, 1.82) is 0 Å². The second-order valence-electron chi connectivity index (χ2n) is 10.2. The number of carbonyl (C=O) groups excluding carboxylic acids is 3. The number of ketones is 1. The van der Waals surface area contributed by atoms with Crippen LogP contribution in [0.3, 0.4) is 0 Å². The number of Topliss-reactive ketones (excluding diaryl/α,β-unsaturated/α-hetero) is 1. The van der Waals surface area contributed by atoms with Gasteiger partial charge in [0.2, 0.25) is 0 Å². The van der Waals surface area contributed by atoms with Gasteiger partial charge in [0.25, 0.3) is 11.8 Å². The van der Waals surface area contributed by atoms with E-state index in [1.54, 1.807) is 29.5 Å². The van der Waals surface area contributed by atoms with Gasteiger partial charge in [-0.05, 0) is 64.3 Å². The molecule has 37 heavy (non-hydrogen) atoms. The molecule has 2 N–H and O–H groups in total. The van der Waals surface area contributed by atoms with Gasteiger partial charge < -0.3 is 25.0 Å². The fraction of sp³-hybridized carbons (Fsp3) is 0.444. The second kappa shape index (κ2) is 11.1. The number of nitrogens with one attached hydrogen (secondary N) is 1. The number of aliphatic hydroxyl groups is 1. The maximum Gasteiger partial charge on any atom is 0.261 e. The van der Waals surface area contributed by atoms with Crippen molar-refractivity contribution < 1.29 is 19.5 Å². The molecule has 1 aliphatic heterocycles. The molecule has 0 radical (unpaired) electrons. The molecule has 0 bridgehead atoms. The molecule has 198 valence electrons. The quantitative estimate of drug-likeness (QED) is 0.502. The number of amides is 2. The highest BCUT2D eigenvalue weighted by molar-refractivity contribution is 6.10. The summed E-state index contributed by atoms with van der Waals surface area (Å²) in [6, 6.07) is 5.56. The van der Waals surface area contributed by atoms with E-state index in [4.69, 9.17) is 0 Å². The van der Waals surface area contributed by atoms with E-state index in [-0.39, 0.29) is 17.6 Å². The van der Waals surface area contributed by atoms with Crippen LogP contribution in [0, 0.1) is 0 Å². The molecule has 0 fully saturated rings. The van der Waals surface area contributed by atoms with Crippen molar-refractivity contribution in [1.82, 2.24) is 19.5 Å². The largest absolute Gasteiger partial charge is 0.390 e. The lowest BCUT2D eigenvalue weighted by molar-refractivity contribution is -0.115. The number of hydrogen-bond acceptors (Lipinski definition) is 7. The Kier molecular flexibility index (Phi) is 8.32. The maximum atomic E-state index is 13.2. The number of anilines is 2. The van der Waals surface area contributed by atoms with Crippen molar-refractivity contribution in [3.63, 3.8) is 0 Å². The molecule has 0 unspecified atom stereocenters. The smallest absolute Gasteiger partial charge is 0.261 e. The summed E-state index contributed by atoms with van der Waals surface area (Å²) in [4.78, 5) is 43.7. The van der Waals surface area contributed by atoms with E-state index in [0.29, 0.717) is 42.0 Å². The average Bonchev–Trinajstić information content (AvgIpc) is 3.36. The summed E-state index contributed by atoms with van der Waals surface area (Å²) >= 11 is 0. The number of benzene rings is 1. The predicted octanol–water partition coefficient (Wildman–Crippen LogP) is 3.32. The Hall–Kier alpha value is -3.79. The molecule has 0 spiro atoms. The lowest BCUT2D eigenvalue weighted by Crippen LogP contribution is -2.31. The van der Waals surface area contributed by atoms with E-state index >= 15 is 0 Å². The van der Waals surface area contributed by atoms with Crippen LogP contribution < -0.4 is 10.2 Å². The van der Waals surface area contributed by atoms with Gasteiger partial charge in [-0.15, -0.1) is 0 Å². The van der Waals surface area contributed by atoms with Crippen molar-refractivity contribution in [3.8, 4) is 0 Å². The Balaban J connectivity index is 0.000000886. The monoisotopic (exact) mass is 508 g/mol. The molecule has 4 rings (SSSR count). The zero-order valence-electron chi connectivity index (χ0n) is 22.6. The van der Waals surface area contributed by atoms with Gasteiger partial charge in [0.15, 0.2) is 5.65 Å². The molecule has 0 aliphatic carbocycles. The Labute approximate surface area is 217 Å². The molecule has 0 atom stereocenters. The summed E-state index contributed by atoms with van der Waals surface area (Å²) in [7, 11) is 3.74. The van der Waals surface area contributed by atoms with Crippen molar-refractivity contribution >= 4 is 34.6 Å². The van der Waals surface area contributed by atoms with E-state index in [2.05, 4.69) is 15.4 Å². The average molecular weight is 509 g/mol. The first-order valence-electron chi connectivity index (χ1n) is 12.3. The fourth-order valence-corrected chi connectivity index (χ4v) is 3.92. The molecule has 3 heterocycles. The molecule has 10 heteroatoms. The molecule has 2 aromatic heterocycles. The minimum atomic E-state index is -0.844. The van der Waals surface area contributed by atoms with E-state index in [9.17, 15) is 19.5 Å². The van der Waals surface area contributed by atoms with E-state index < -0.39 is 5.60 Å². The molecule has 1 aromatic carbocycles. The summed E-state index contributed by atoms with van der Waals surface area (Å²) in [5.74, 6) is -0.203. The highest BCUT2D eigenvalue weighted by Crippen LogP contribution is 2.34. The number of carbonyl (C=O) groups is 3. The number of rotatable bonds is 7. The summed E-state index contributed by atoms with van der Waals surface area (Å²) in [6.45, 7) is 9.44. The lowest BCUT2D eigenvalue weighted by Gasteiger charge is -2.22. The zero-order chi connectivity index (χ0) is 27.5. The highest BCUT2D eigenvalue weighted by Gasteiger charge is 2.30. The number of hydrogen-bond donors (Lipinski definition) is 2. The van der Waals surface area contributed by atoms with Gasteiger partial charge in [-0.1, -0.05) is 6.92 Å². The van der Waals surface area contributed by atoms with Gasteiger partial charge in [-0.3, -0.25) is 9.59 Å². The van der Waals surface area contributed by atoms with Crippen LogP contribution in [0.2, 0.25) is 0 Å². The van der Waals surface area contributed by atoms with E-state index in [1.807, 2.05) is 44.1 Å². The van der Waals surface area contributed by atoms with Crippen molar-refractivity contribution in [2.45, 2.75) is 59.6 Å². The molecule has 10 nitrogen and oxygen atoms in total. The van der Waals surface area contributed by atoms with Crippen LogP contribution in [0.1, 0.15) is 73.0 Å². The Morgan fingerprint density at radius 2 is 1.89 bits per heavy atom. The molecular weight excluding hydrogens is 472 g/mol. The van der Waals surface area contributed by atoms with Crippen LogP contribution in [0.15, 0.2) is 30.6 Å². The summed E-state index contributed by atoms with van der Waals surface area (Å²) in [5.41, 5.74) is 3.76. The Morgan fingerprint density at radius 1 is 1.22 bits per heavy atom. The first-order chi connectivity index (χ1) is 17.3. The molecule has 0 saturated carbocycles. The predicted molar refractivity (Wildman–Crippen MR) is 143 cm³/mol. The first kappa shape index (κ1) is 27.8. The zero-order valence-corrected chi connectivity index (χ0v) is 22.6. The van der Waals surface area contributed by atoms with Gasteiger partial charge in [-0.25, -0.2) is 9.50 Å². The Bertz CT molecular complexity index is 1320. The van der Waals surface area contributed by atoms with Crippen molar-refractivity contribution in [3.05, 3.63) is 53.0 Å². The molecule has 0 saturated heterocycles. The first-order valence-corrected chi connectivity index (χ1v) is 12.3. The van der Waals surface area contributed by atoms with Gasteiger partial charge in [0.1, 0.15) is 11.3 Å². The van der Waals surface area contributed by atoms with Crippen molar-refractivity contribution in [2.75, 3.05) is 30.9 Å². The number of aryl methyl sites for hydroxylation is 1. The van der Waals surface area contributed by atoms with Crippen LogP contribution in [0.5, 0.6) is 0 Å². The van der Waals surface area contributed by atoms with Crippen LogP contribution in [0.25, 0.3) is 5.65 Å². The molecular formula is C27H36N6O4. The van der Waals surface area contributed by atoms with E-state index in [0.717, 1.165) is 23.4 Å². The standard InChI is InChI=1S/C24H30N6O3.C3H6O/c1-6-16-7-9-30-21(26-16)18(13-25-30)22(31)27-19-11-15-14-29(10-8-24(2,3)33)23(32)17(15)12-20(19)28(4)5;1-3(2)4/h7,9,11-13,33H,6,8,10,14H2,1-5H3,(H,27,31);1-2H3. The minimum absolute atomic E-state index is 0.0610. The van der Waals surface area contributed by atoms with Gasteiger partial charge >= 0.3 is 0 Å². The van der Waals surface area contributed by atoms with Crippen LogP contribution in [-0.4, -0.2) is 68.4 Å². The van der Waals surface area contributed by atoms with Crippen molar-refractivity contribution in [2.24, 2.45) is 0 Å². The van der Waals surface area contributed by atoms with Gasteiger partial charge in [0.05, 0.1) is 23.2 Å². The van der Waals surface area contributed by atoms with Gasteiger partial charge in [-0.2, -0.15) is 5.10 Å². The Morgan fingerprint density at radius 3 is 2.49 bits per heavy atom. The molecule has 2 amide bonds. The number of aromatic nitrogens is 3. The highest BCUT2D eigenvalue weighted by atomic mass is 16.3. The SMILES string of the molecule is CC(C)=O.CCc1ccn2ncc(C(=O)Nc3cc4c(cc3N(C)C)C(=O)N(CCC(C)(C)O)C4)c2n1. The minimum Gasteiger partial charge on any atom is -0.390 e. The van der Waals surface area contributed by atoms with Crippen LogP contribution in [0.4, 0.5) is 11.4 Å². The third-order valence-electron chi connectivity index (χ3n) is 5.86. The van der Waals surface area contributed by atoms with Gasteiger partial charge in [0, 0.05) is 44.6 Å². The fourth-order valence-electron chi connectivity index (χ4n) is 3.92. The third-order valence-corrected chi connectivity index (χ3v) is 5.86. The third kappa shape index (κ3) is 6.71. The summed E-state index contributed by atoms with van der Waals surface area (Å²) < 4.78 is 1.59. The van der Waals surface area contributed by atoms with Crippen LogP contribution in [-0.2, 0) is 17.8 Å². The number of fused-ring (bicyclic) bond motifs is 2. The normalized spacial score (nSPS) is 12.8. The topological polar surface area (TPSA) is 120 Å². The number of nitrogens with zero attached hydrogens (tertiary/aromatic N) is 5. The van der Waals surface area contributed by atoms with Crippen LogP contribution >= 0.6 is 0 Å². The molecule has 3 aromatic rings. The van der Waals surface area contributed by atoms with E-state index in [1.165, 1.54) is 20.0 Å². The lowest BCUT2D eigenvalue weighted by atomic mass is 10.1. The summed E-state index contributed by atoms with van der Waals surface area (Å²) in [6.07, 6.45) is 4.56. The summed E-state index contributed by atoms with van der Waals surface area (Å²) in [5, 5.41) is 17.3. The maximum absolute atomic E-state index is 13.2. The molecule has 1 aliphatic rings. The second-order valence-corrected chi connectivity index (χ2v) is 10.2.